The number of hydrogen-bond acceptors (Lipinski definition) is 1. The van der Waals surface area contributed by atoms with E-state index in [2.05, 4.69) is 20.8 Å². The van der Waals surface area contributed by atoms with Crippen LogP contribution in [0.4, 0.5) is 0 Å². The number of fused-ring (bicyclic) bond motifs is 2. The van der Waals surface area contributed by atoms with Crippen molar-refractivity contribution in [1.29, 1.82) is 0 Å². The van der Waals surface area contributed by atoms with Crippen LogP contribution in [0.5, 0.6) is 0 Å². The highest BCUT2D eigenvalue weighted by Crippen LogP contribution is 2.63. The van der Waals surface area contributed by atoms with Crippen molar-refractivity contribution in [2.45, 2.75) is 40.0 Å². The van der Waals surface area contributed by atoms with Crippen molar-refractivity contribution in [3.63, 3.8) is 0 Å². The second-order valence-corrected chi connectivity index (χ2v) is 5.66. The molecule has 2 saturated carbocycles. The molecule has 2 rings (SSSR count). The first-order chi connectivity index (χ1) is 5.52. The Morgan fingerprint density at radius 1 is 1.42 bits per heavy atom. The molecule has 0 aliphatic heterocycles. The summed E-state index contributed by atoms with van der Waals surface area (Å²) < 4.78 is 10.9. The van der Waals surface area contributed by atoms with Gasteiger partial charge in [0.05, 0.1) is 11.3 Å². The highest BCUT2D eigenvalue weighted by Gasteiger charge is 2.59. The van der Waals surface area contributed by atoms with Gasteiger partial charge in [0.25, 0.3) is 0 Å². The van der Waals surface area contributed by atoms with E-state index < -0.39 is 0 Å². The Balaban J connectivity index is 2.53. The summed E-state index contributed by atoms with van der Waals surface area (Å²) in [6.45, 7) is 6.93. The molecule has 2 bridgehead atoms. The minimum atomic E-state index is 0.240. The maximum absolute atomic E-state index is 10.9. The van der Waals surface area contributed by atoms with Crippen molar-refractivity contribution in [2.24, 2.45) is 16.7 Å². The highest BCUT2D eigenvalue weighted by molar-refractivity contribution is 7.66. The fraction of sp³-hybridized carbons (Fsp3) is 0.900. The molecule has 68 valence electrons. The van der Waals surface area contributed by atoms with Gasteiger partial charge in [-0.25, -0.2) is 4.21 Å². The molecule has 0 aromatic heterocycles. The second kappa shape index (κ2) is 2.22. The van der Waals surface area contributed by atoms with Crippen LogP contribution < -0.4 is 0 Å². The average molecular weight is 184 g/mol. The lowest BCUT2D eigenvalue weighted by Crippen LogP contribution is -2.32. The van der Waals surface area contributed by atoms with Crippen molar-refractivity contribution in [2.75, 3.05) is 0 Å². The van der Waals surface area contributed by atoms with Gasteiger partial charge < -0.3 is 0 Å². The zero-order valence-corrected chi connectivity index (χ0v) is 8.83. The van der Waals surface area contributed by atoms with Gasteiger partial charge in [-0.2, -0.15) is 0 Å². The maximum atomic E-state index is 10.9. The molecule has 1 unspecified atom stereocenters. The van der Waals surface area contributed by atoms with E-state index >= 15 is 0 Å². The zero-order chi connectivity index (χ0) is 8.98. The van der Waals surface area contributed by atoms with Crippen LogP contribution in [-0.2, 0) is 11.3 Å². The number of hydrogen-bond donors (Lipinski definition) is 0. The van der Waals surface area contributed by atoms with E-state index in [-0.39, 0.29) is 5.41 Å². The second-order valence-electron chi connectivity index (χ2n) is 5.00. The van der Waals surface area contributed by atoms with E-state index in [9.17, 15) is 4.21 Å². The molecule has 0 aromatic rings. The molecule has 2 heteroatoms. The van der Waals surface area contributed by atoms with Gasteiger partial charge >= 0.3 is 0 Å². The topological polar surface area (TPSA) is 17.1 Å². The van der Waals surface area contributed by atoms with E-state index in [1.807, 2.05) is 0 Å². The third-order valence-electron chi connectivity index (χ3n) is 4.58. The van der Waals surface area contributed by atoms with Crippen LogP contribution in [0.2, 0.25) is 0 Å². The van der Waals surface area contributed by atoms with Gasteiger partial charge in [-0.05, 0) is 30.6 Å². The Bertz CT molecular complexity index is 276. The molecule has 2 aliphatic rings. The van der Waals surface area contributed by atoms with Gasteiger partial charge in [0, 0.05) is 10.3 Å². The molecule has 0 N–H and O–H groups in total. The standard InChI is InChI=1S/C10H16OS/c1-9(2)7-4-5-10(9,3)8(6-7)12-11/h7H,4-6H2,1-3H3/t7?,10-/m0/s1. The molecule has 0 amide bonds. The van der Waals surface area contributed by atoms with Crippen molar-refractivity contribution >= 4 is 16.1 Å². The summed E-state index contributed by atoms with van der Waals surface area (Å²) in [5, 5.41) is 0. The minimum Gasteiger partial charge on any atom is -0.212 e. The third-order valence-corrected chi connectivity index (χ3v) is 5.40. The average Bonchev–Trinajstić information content (AvgIpc) is 2.34. The first kappa shape index (κ1) is 8.49. The normalized spacial score (nSPS) is 43.6. The van der Waals surface area contributed by atoms with Crippen LogP contribution in [0, 0.1) is 16.7 Å². The van der Waals surface area contributed by atoms with Gasteiger partial charge in [0.1, 0.15) is 0 Å². The van der Waals surface area contributed by atoms with E-state index in [1.54, 1.807) is 0 Å². The molecule has 0 saturated heterocycles. The minimum absolute atomic E-state index is 0.240. The Kier molecular flexibility index (Phi) is 1.57. The molecule has 0 radical (unpaired) electrons. The van der Waals surface area contributed by atoms with Crippen molar-refractivity contribution in [1.82, 2.24) is 0 Å². The highest BCUT2D eigenvalue weighted by atomic mass is 32.1. The molecule has 2 aliphatic carbocycles. The smallest absolute Gasteiger partial charge is 0.0882 e. The maximum Gasteiger partial charge on any atom is 0.0882 e. The van der Waals surface area contributed by atoms with Crippen LogP contribution in [0.25, 0.3) is 0 Å². The molecule has 2 fully saturated rings. The molecule has 2 atom stereocenters. The Hall–Kier alpha value is -0.110. The van der Waals surface area contributed by atoms with Crippen molar-refractivity contribution < 1.29 is 4.21 Å². The third kappa shape index (κ3) is 0.723. The van der Waals surface area contributed by atoms with Gasteiger partial charge in [-0.15, -0.1) is 0 Å². The summed E-state index contributed by atoms with van der Waals surface area (Å²) in [5.74, 6) is 0.777. The summed E-state index contributed by atoms with van der Waals surface area (Å²) in [7, 11) is 0. The lowest BCUT2D eigenvalue weighted by Gasteiger charge is -2.33. The van der Waals surface area contributed by atoms with E-state index in [1.165, 1.54) is 17.7 Å². The monoisotopic (exact) mass is 184 g/mol. The summed E-state index contributed by atoms with van der Waals surface area (Å²) in [6.07, 6.45) is 3.64. The van der Waals surface area contributed by atoms with Crippen LogP contribution in [0.1, 0.15) is 40.0 Å². The molecular formula is C10H16OS. The molecule has 0 spiro atoms. The van der Waals surface area contributed by atoms with E-state index in [0.717, 1.165) is 23.6 Å². The van der Waals surface area contributed by atoms with E-state index in [4.69, 9.17) is 0 Å². The fourth-order valence-electron chi connectivity index (χ4n) is 3.03. The summed E-state index contributed by atoms with van der Waals surface area (Å²) in [6, 6.07) is 0. The molecule has 12 heavy (non-hydrogen) atoms. The zero-order valence-electron chi connectivity index (χ0n) is 8.02. The predicted molar refractivity (Wildman–Crippen MR) is 52.4 cm³/mol. The van der Waals surface area contributed by atoms with Gasteiger partial charge in [-0.1, -0.05) is 20.8 Å². The Morgan fingerprint density at radius 3 is 2.33 bits per heavy atom. The predicted octanol–water partition coefficient (Wildman–Crippen LogP) is 2.22. The Morgan fingerprint density at radius 2 is 2.08 bits per heavy atom. The molecule has 0 heterocycles. The number of rotatable bonds is 0. The SMILES string of the molecule is CC1(C)C2CC[C@@]1(C)C(=S=O)C2. The fourth-order valence-corrected chi connectivity index (χ4v) is 3.85. The first-order valence-corrected chi connectivity index (χ1v) is 5.42. The van der Waals surface area contributed by atoms with Crippen LogP contribution >= 0.6 is 0 Å². The first-order valence-electron chi connectivity index (χ1n) is 4.68. The quantitative estimate of drug-likeness (QED) is 0.528. The Labute approximate surface area is 77.6 Å². The van der Waals surface area contributed by atoms with Crippen molar-refractivity contribution in [3.05, 3.63) is 0 Å². The molecular weight excluding hydrogens is 168 g/mol. The molecule has 0 aromatic carbocycles. The van der Waals surface area contributed by atoms with Crippen LogP contribution in [0.3, 0.4) is 0 Å². The van der Waals surface area contributed by atoms with E-state index in [0.29, 0.717) is 5.41 Å². The lowest BCUT2D eigenvalue weighted by atomic mass is 9.71. The van der Waals surface area contributed by atoms with Gasteiger partial charge in [-0.3, -0.25) is 0 Å². The molecule has 1 nitrogen and oxygen atoms in total. The van der Waals surface area contributed by atoms with Crippen LogP contribution in [0.15, 0.2) is 0 Å². The summed E-state index contributed by atoms with van der Waals surface area (Å²) >= 11 is 0.763. The van der Waals surface area contributed by atoms with Gasteiger partial charge in [0.2, 0.25) is 0 Å². The largest absolute Gasteiger partial charge is 0.212 e. The summed E-state index contributed by atoms with van der Waals surface area (Å²) in [4.78, 5) is 1.21. The lowest BCUT2D eigenvalue weighted by molar-refractivity contribution is 0.195. The van der Waals surface area contributed by atoms with Crippen molar-refractivity contribution in [3.8, 4) is 0 Å². The van der Waals surface area contributed by atoms with Crippen LogP contribution in [-0.4, -0.2) is 9.07 Å². The van der Waals surface area contributed by atoms with Gasteiger partial charge in [0.15, 0.2) is 0 Å². The summed E-state index contributed by atoms with van der Waals surface area (Å²) in [5.41, 5.74) is 0.615.